The Morgan fingerprint density at radius 2 is 2.05 bits per heavy atom. The highest BCUT2D eigenvalue weighted by atomic mass is 16.5. The predicted octanol–water partition coefficient (Wildman–Crippen LogP) is 1.09. The van der Waals surface area contributed by atoms with E-state index in [0.29, 0.717) is 6.61 Å². The molecule has 0 radical (unpaired) electrons. The number of hydrogen-bond donors (Lipinski definition) is 1. The van der Waals surface area contributed by atoms with Crippen molar-refractivity contribution in [2.75, 3.05) is 6.61 Å². The maximum atomic E-state index is 11.9. The third kappa shape index (κ3) is 1.89. The zero-order valence-corrected chi connectivity index (χ0v) is 11.2. The first kappa shape index (κ1) is 12.4. The number of aliphatic hydroxyl groups excluding tert-OH is 1. The molecule has 1 fully saturated rings. The van der Waals surface area contributed by atoms with E-state index in [0.717, 1.165) is 29.4 Å². The number of rotatable bonds is 2. The quantitative estimate of drug-likeness (QED) is 0.881. The third-order valence-electron chi connectivity index (χ3n) is 3.95. The first-order valence-corrected chi connectivity index (χ1v) is 6.54. The van der Waals surface area contributed by atoms with E-state index in [-0.39, 0.29) is 11.8 Å². The molecule has 102 valence electrons. The smallest absolute Gasteiger partial charge is 0.328 e. The number of ether oxygens (including phenoxy) is 1. The maximum Gasteiger partial charge on any atom is 0.328 e. The van der Waals surface area contributed by atoms with Gasteiger partial charge in [0, 0.05) is 20.7 Å². The Hall–Kier alpha value is -1.59. The molecule has 1 aromatic carbocycles. The Kier molecular flexibility index (Phi) is 2.95. The van der Waals surface area contributed by atoms with Gasteiger partial charge < -0.3 is 9.84 Å². The molecule has 2 heterocycles. The Balaban J connectivity index is 2.06. The average molecular weight is 262 g/mol. The number of fused-ring (bicyclic) bond motifs is 1. The van der Waals surface area contributed by atoms with E-state index < -0.39 is 6.10 Å². The lowest BCUT2D eigenvalue weighted by molar-refractivity contribution is -0.00253. The van der Waals surface area contributed by atoms with Crippen LogP contribution in [0.15, 0.2) is 23.0 Å². The second-order valence-electron chi connectivity index (χ2n) is 5.15. The van der Waals surface area contributed by atoms with Gasteiger partial charge in [-0.25, -0.2) is 4.79 Å². The summed E-state index contributed by atoms with van der Waals surface area (Å²) in [5.74, 6) is 0. The molecule has 2 unspecified atom stereocenters. The van der Waals surface area contributed by atoms with Crippen LogP contribution in [0, 0.1) is 0 Å². The molecule has 5 heteroatoms. The van der Waals surface area contributed by atoms with Crippen molar-refractivity contribution in [3.05, 3.63) is 34.2 Å². The Bertz CT molecular complexity index is 665. The summed E-state index contributed by atoms with van der Waals surface area (Å²) in [7, 11) is 3.49. The zero-order chi connectivity index (χ0) is 13.6. The number of benzene rings is 1. The number of aryl methyl sites for hydroxylation is 2. The van der Waals surface area contributed by atoms with Crippen LogP contribution in [0.1, 0.15) is 24.5 Å². The SMILES string of the molecule is Cn1c(=O)n(C)c2cc(C(O)C3CCCO3)ccc21. The monoisotopic (exact) mass is 262 g/mol. The number of aromatic nitrogens is 2. The summed E-state index contributed by atoms with van der Waals surface area (Å²) < 4.78 is 8.72. The highest BCUT2D eigenvalue weighted by Crippen LogP contribution is 2.28. The van der Waals surface area contributed by atoms with Crippen molar-refractivity contribution in [3.8, 4) is 0 Å². The van der Waals surface area contributed by atoms with Crippen LogP contribution in [0.2, 0.25) is 0 Å². The summed E-state index contributed by atoms with van der Waals surface area (Å²) in [6.07, 6.45) is 1.13. The Labute approximate surface area is 111 Å². The summed E-state index contributed by atoms with van der Waals surface area (Å²) in [5, 5.41) is 10.3. The van der Waals surface area contributed by atoms with Gasteiger partial charge in [0.15, 0.2) is 0 Å². The van der Waals surface area contributed by atoms with Crippen molar-refractivity contribution >= 4 is 11.0 Å². The normalized spacial score (nSPS) is 21.1. The summed E-state index contributed by atoms with van der Waals surface area (Å²) in [5.41, 5.74) is 2.46. The fourth-order valence-electron chi connectivity index (χ4n) is 2.77. The highest BCUT2D eigenvalue weighted by molar-refractivity contribution is 5.77. The predicted molar refractivity (Wildman–Crippen MR) is 72.1 cm³/mol. The molecule has 1 aromatic heterocycles. The molecule has 1 N–H and O–H groups in total. The fraction of sp³-hybridized carbons (Fsp3) is 0.500. The van der Waals surface area contributed by atoms with Crippen molar-refractivity contribution in [1.29, 1.82) is 0 Å². The molecule has 1 aliphatic rings. The van der Waals surface area contributed by atoms with Gasteiger partial charge in [0.2, 0.25) is 0 Å². The van der Waals surface area contributed by atoms with Crippen LogP contribution in [0.3, 0.4) is 0 Å². The molecule has 0 saturated carbocycles. The van der Waals surface area contributed by atoms with Gasteiger partial charge >= 0.3 is 5.69 Å². The molecule has 0 bridgehead atoms. The van der Waals surface area contributed by atoms with Crippen LogP contribution < -0.4 is 5.69 Å². The van der Waals surface area contributed by atoms with E-state index in [1.807, 2.05) is 18.2 Å². The van der Waals surface area contributed by atoms with Gasteiger partial charge in [-0.1, -0.05) is 6.07 Å². The topological polar surface area (TPSA) is 56.4 Å². The standard InChI is InChI=1S/C14H18N2O3/c1-15-10-6-5-9(8-11(10)16(2)14(15)18)13(17)12-4-3-7-19-12/h5-6,8,12-13,17H,3-4,7H2,1-2H3. The lowest BCUT2D eigenvalue weighted by Crippen LogP contribution is -2.19. The van der Waals surface area contributed by atoms with Gasteiger partial charge in [0.25, 0.3) is 0 Å². The molecule has 1 saturated heterocycles. The lowest BCUT2D eigenvalue weighted by Gasteiger charge is -2.17. The van der Waals surface area contributed by atoms with Crippen molar-refractivity contribution in [1.82, 2.24) is 9.13 Å². The van der Waals surface area contributed by atoms with E-state index in [4.69, 9.17) is 4.74 Å². The third-order valence-corrected chi connectivity index (χ3v) is 3.95. The largest absolute Gasteiger partial charge is 0.386 e. The molecular formula is C14H18N2O3. The van der Waals surface area contributed by atoms with Crippen LogP contribution in [-0.4, -0.2) is 27.0 Å². The maximum absolute atomic E-state index is 11.9. The number of hydrogen-bond acceptors (Lipinski definition) is 3. The van der Waals surface area contributed by atoms with E-state index in [1.165, 1.54) is 0 Å². The van der Waals surface area contributed by atoms with Crippen molar-refractivity contribution in [2.45, 2.75) is 25.0 Å². The number of aliphatic hydroxyl groups is 1. The minimum Gasteiger partial charge on any atom is -0.386 e. The summed E-state index contributed by atoms with van der Waals surface area (Å²) in [6.45, 7) is 0.716. The highest BCUT2D eigenvalue weighted by Gasteiger charge is 2.25. The minimum atomic E-state index is -0.623. The first-order valence-electron chi connectivity index (χ1n) is 6.54. The molecule has 19 heavy (non-hydrogen) atoms. The summed E-state index contributed by atoms with van der Waals surface area (Å²) in [4.78, 5) is 11.9. The van der Waals surface area contributed by atoms with E-state index >= 15 is 0 Å². The van der Waals surface area contributed by atoms with Crippen molar-refractivity contribution in [3.63, 3.8) is 0 Å². The van der Waals surface area contributed by atoms with Crippen LogP contribution >= 0.6 is 0 Å². The van der Waals surface area contributed by atoms with Gasteiger partial charge in [-0.05, 0) is 30.5 Å². The van der Waals surface area contributed by atoms with Crippen LogP contribution in [0.25, 0.3) is 11.0 Å². The molecule has 0 spiro atoms. The average Bonchev–Trinajstić information content (AvgIpc) is 3.03. The van der Waals surface area contributed by atoms with Crippen LogP contribution in [0.4, 0.5) is 0 Å². The Morgan fingerprint density at radius 3 is 2.74 bits per heavy atom. The second kappa shape index (κ2) is 4.51. The van der Waals surface area contributed by atoms with Gasteiger partial charge in [0.05, 0.1) is 17.1 Å². The van der Waals surface area contributed by atoms with E-state index in [2.05, 4.69) is 0 Å². The zero-order valence-electron chi connectivity index (χ0n) is 11.2. The Morgan fingerprint density at radius 1 is 1.32 bits per heavy atom. The number of nitrogens with zero attached hydrogens (tertiary/aromatic N) is 2. The first-order chi connectivity index (χ1) is 9.09. The second-order valence-corrected chi connectivity index (χ2v) is 5.15. The minimum absolute atomic E-state index is 0.0567. The molecular weight excluding hydrogens is 244 g/mol. The molecule has 0 amide bonds. The van der Waals surface area contributed by atoms with Gasteiger partial charge in [-0.3, -0.25) is 9.13 Å². The number of imidazole rings is 1. The van der Waals surface area contributed by atoms with Gasteiger partial charge in [-0.15, -0.1) is 0 Å². The molecule has 2 atom stereocenters. The van der Waals surface area contributed by atoms with E-state index in [1.54, 1.807) is 23.2 Å². The molecule has 3 rings (SSSR count). The van der Waals surface area contributed by atoms with E-state index in [9.17, 15) is 9.90 Å². The van der Waals surface area contributed by atoms with Crippen LogP contribution in [-0.2, 0) is 18.8 Å². The lowest BCUT2D eigenvalue weighted by atomic mass is 10.0. The van der Waals surface area contributed by atoms with Crippen molar-refractivity contribution < 1.29 is 9.84 Å². The van der Waals surface area contributed by atoms with Crippen molar-refractivity contribution in [2.24, 2.45) is 14.1 Å². The van der Waals surface area contributed by atoms with Crippen LogP contribution in [0.5, 0.6) is 0 Å². The molecule has 2 aromatic rings. The van der Waals surface area contributed by atoms with Gasteiger partial charge in [0.1, 0.15) is 6.10 Å². The summed E-state index contributed by atoms with van der Waals surface area (Å²) in [6, 6.07) is 5.63. The fourth-order valence-corrected chi connectivity index (χ4v) is 2.77. The van der Waals surface area contributed by atoms with Gasteiger partial charge in [-0.2, -0.15) is 0 Å². The summed E-state index contributed by atoms with van der Waals surface area (Å²) >= 11 is 0. The molecule has 1 aliphatic heterocycles. The molecule has 5 nitrogen and oxygen atoms in total. The molecule has 0 aliphatic carbocycles.